The number of hydrogen-bond donors (Lipinski definition) is 1. The van der Waals surface area contributed by atoms with Crippen molar-refractivity contribution in [3.63, 3.8) is 0 Å². The zero-order valence-electron chi connectivity index (χ0n) is 11.0. The van der Waals surface area contributed by atoms with Gasteiger partial charge < -0.3 is 10.1 Å². The molecule has 0 saturated carbocycles. The van der Waals surface area contributed by atoms with Crippen molar-refractivity contribution in [2.45, 2.75) is 20.4 Å². The molecular formula is C14H16FN3O. The van der Waals surface area contributed by atoms with Crippen molar-refractivity contribution in [2.24, 2.45) is 0 Å². The number of nitrogens with zero attached hydrogens (tertiary/aromatic N) is 2. The third-order valence-electron chi connectivity index (χ3n) is 2.67. The number of rotatable bonds is 5. The predicted octanol–water partition coefficient (Wildman–Crippen LogP) is 2.93. The molecule has 1 aromatic heterocycles. The lowest BCUT2D eigenvalue weighted by Crippen LogP contribution is -2.06. The van der Waals surface area contributed by atoms with Gasteiger partial charge in [-0.25, -0.2) is 14.4 Å². The minimum absolute atomic E-state index is 0.242. The van der Waals surface area contributed by atoms with Crippen molar-refractivity contribution in [1.82, 2.24) is 9.97 Å². The Morgan fingerprint density at radius 3 is 2.89 bits per heavy atom. The zero-order valence-corrected chi connectivity index (χ0v) is 11.0. The van der Waals surface area contributed by atoms with Crippen molar-refractivity contribution in [3.8, 4) is 5.88 Å². The number of anilines is 1. The van der Waals surface area contributed by atoms with Crippen LogP contribution in [-0.2, 0) is 6.54 Å². The van der Waals surface area contributed by atoms with E-state index in [2.05, 4.69) is 15.3 Å². The molecule has 0 aliphatic heterocycles. The summed E-state index contributed by atoms with van der Waals surface area (Å²) in [4.78, 5) is 8.23. The highest BCUT2D eigenvalue weighted by Gasteiger charge is 2.07. The van der Waals surface area contributed by atoms with Gasteiger partial charge in [0.1, 0.15) is 18.0 Å². The maximum absolute atomic E-state index is 13.1. The van der Waals surface area contributed by atoms with Crippen molar-refractivity contribution in [2.75, 3.05) is 11.9 Å². The molecule has 2 aromatic rings. The first-order valence-corrected chi connectivity index (χ1v) is 6.13. The van der Waals surface area contributed by atoms with E-state index in [1.165, 1.54) is 18.5 Å². The maximum atomic E-state index is 13.1. The summed E-state index contributed by atoms with van der Waals surface area (Å²) in [5, 5.41) is 3.16. The van der Waals surface area contributed by atoms with E-state index in [0.29, 0.717) is 24.8 Å². The van der Waals surface area contributed by atoms with E-state index in [0.717, 1.165) is 11.1 Å². The summed E-state index contributed by atoms with van der Waals surface area (Å²) in [6, 6.07) is 6.46. The Labute approximate surface area is 111 Å². The summed E-state index contributed by atoms with van der Waals surface area (Å²) in [6.45, 7) is 4.85. The van der Waals surface area contributed by atoms with E-state index in [9.17, 15) is 4.39 Å². The molecule has 0 radical (unpaired) electrons. The summed E-state index contributed by atoms with van der Waals surface area (Å²) >= 11 is 0. The summed E-state index contributed by atoms with van der Waals surface area (Å²) in [5.41, 5.74) is 1.71. The smallest absolute Gasteiger partial charge is 0.221 e. The van der Waals surface area contributed by atoms with Crippen LogP contribution in [0.3, 0.4) is 0 Å². The Bertz CT molecular complexity index is 560. The first kappa shape index (κ1) is 13.3. The van der Waals surface area contributed by atoms with Gasteiger partial charge in [0.05, 0.1) is 12.2 Å². The maximum Gasteiger partial charge on any atom is 0.221 e. The van der Waals surface area contributed by atoms with Crippen LogP contribution in [0.15, 0.2) is 30.6 Å². The summed E-state index contributed by atoms with van der Waals surface area (Å²) in [6.07, 6.45) is 1.45. The quantitative estimate of drug-likeness (QED) is 0.899. The average molecular weight is 261 g/mol. The molecule has 0 aliphatic carbocycles. The lowest BCUT2D eigenvalue weighted by molar-refractivity contribution is 0.324. The summed E-state index contributed by atoms with van der Waals surface area (Å²) < 4.78 is 18.5. The van der Waals surface area contributed by atoms with E-state index in [1.807, 2.05) is 19.9 Å². The number of benzene rings is 1. The van der Waals surface area contributed by atoms with Crippen molar-refractivity contribution in [3.05, 3.63) is 47.5 Å². The Balaban J connectivity index is 2.09. The van der Waals surface area contributed by atoms with Crippen LogP contribution >= 0.6 is 0 Å². The van der Waals surface area contributed by atoms with Gasteiger partial charge in [0.25, 0.3) is 0 Å². The van der Waals surface area contributed by atoms with Crippen LogP contribution < -0.4 is 10.1 Å². The van der Waals surface area contributed by atoms with Gasteiger partial charge in [-0.05, 0) is 31.5 Å². The molecule has 0 atom stereocenters. The van der Waals surface area contributed by atoms with Crippen LogP contribution in [-0.4, -0.2) is 16.6 Å². The van der Waals surface area contributed by atoms with Crippen molar-refractivity contribution in [1.29, 1.82) is 0 Å². The number of nitrogens with one attached hydrogen (secondary N) is 1. The zero-order chi connectivity index (χ0) is 13.7. The molecule has 0 fully saturated rings. The fraction of sp³-hybridized carbons (Fsp3) is 0.286. The highest BCUT2D eigenvalue weighted by Crippen LogP contribution is 2.20. The Hall–Kier alpha value is -2.17. The molecule has 1 heterocycles. The van der Waals surface area contributed by atoms with Gasteiger partial charge in [-0.15, -0.1) is 0 Å². The van der Waals surface area contributed by atoms with Gasteiger partial charge in [0, 0.05) is 6.54 Å². The van der Waals surface area contributed by atoms with E-state index >= 15 is 0 Å². The Kier molecular flexibility index (Phi) is 4.28. The van der Waals surface area contributed by atoms with Gasteiger partial charge >= 0.3 is 0 Å². The molecule has 19 heavy (non-hydrogen) atoms. The predicted molar refractivity (Wildman–Crippen MR) is 71.7 cm³/mol. The van der Waals surface area contributed by atoms with E-state index < -0.39 is 0 Å². The minimum Gasteiger partial charge on any atom is -0.478 e. The van der Waals surface area contributed by atoms with Gasteiger partial charge in [-0.2, -0.15) is 0 Å². The molecule has 0 aliphatic rings. The van der Waals surface area contributed by atoms with Gasteiger partial charge in [-0.3, -0.25) is 0 Å². The third-order valence-corrected chi connectivity index (χ3v) is 2.67. The Morgan fingerprint density at radius 2 is 2.16 bits per heavy atom. The monoisotopic (exact) mass is 261 g/mol. The number of aromatic nitrogens is 2. The minimum atomic E-state index is -0.242. The van der Waals surface area contributed by atoms with Crippen molar-refractivity contribution >= 4 is 5.82 Å². The number of ether oxygens (including phenoxy) is 1. The largest absolute Gasteiger partial charge is 0.478 e. The molecule has 0 spiro atoms. The van der Waals surface area contributed by atoms with Gasteiger partial charge in [0.2, 0.25) is 5.88 Å². The van der Waals surface area contributed by atoms with Crippen LogP contribution in [0.2, 0.25) is 0 Å². The molecule has 100 valence electrons. The molecule has 1 aromatic carbocycles. The highest BCUT2D eigenvalue weighted by molar-refractivity contribution is 5.47. The van der Waals surface area contributed by atoms with Crippen molar-refractivity contribution < 1.29 is 9.13 Å². The van der Waals surface area contributed by atoms with Crippen LogP contribution in [0.5, 0.6) is 5.88 Å². The lowest BCUT2D eigenvalue weighted by atomic mass is 10.2. The summed E-state index contributed by atoms with van der Waals surface area (Å²) in [5.74, 6) is 1.02. The normalized spacial score (nSPS) is 10.3. The number of hydrogen-bond acceptors (Lipinski definition) is 4. The van der Waals surface area contributed by atoms with E-state index in [-0.39, 0.29) is 5.82 Å². The standard InChI is InChI=1S/C14H16FN3O/c1-3-19-14-10(2)13(17-9-18-14)16-8-11-5-4-6-12(15)7-11/h4-7,9H,3,8H2,1-2H3,(H,16,17,18). The van der Waals surface area contributed by atoms with E-state index in [4.69, 9.17) is 4.74 Å². The third kappa shape index (κ3) is 3.40. The van der Waals surface area contributed by atoms with Crippen LogP contribution in [0.25, 0.3) is 0 Å². The average Bonchev–Trinajstić information content (AvgIpc) is 2.40. The fourth-order valence-corrected chi connectivity index (χ4v) is 1.73. The second-order valence-electron chi connectivity index (χ2n) is 4.07. The summed E-state index contributed by atoms with van der Waals surface area (Å²) in [7, 11) is 0. The second-order valence-corrected chi connectivity index (χ2v) is 4.07. The van der Waals surface area contributed by atoms with Crippen LogP contribution in [0.1, 0.15) is 18.1 Å². The number of halogens is 1. The van der Waals surface area contributed by atoms with E-state index in [1.54, 1.807) is 6.07 Å². The Morgan fingerprint density at radius 1 is 1.32 bits per heavy atom. The van der Waals surface area contributed by atoms with Crippen LogP contribution in [0.4, 0.5) is 10.2 Å². The molecule has 1 N–H and O–H groups in total. The van der Waals surface area contributed by atoms with Gasteiger partial charge in [0.15, 0.2) is 0 Å². The first-order valence-electron chi connectivity index (χ1n) is 6.13. The molecule has 0 amide bonds. The SMILES string of the molecule is CCOc1ncnc(NCc2cccc(F)c2)c1C. The first-order chi connectivity index (χ1) is 9.20. The molecular weight excluding hydrogens is 245 g/mol. The van der Waals surface area contributed by atoms with Gasteiger partial charge in [-0.1, -0.05) is 12.1 Å². The second kappa shape index (κ2) is 6.13. The lowest BCUT2D eigenvalue weighted by Gasteiger charge is -2.11. The molecule has 0 saturated heterocycles. The topological polar surface area (TPSA) is 47.0 Å². The molecule has 4 nitrogen and oxygen atoms in total. The molecule has 0 unspecified atom stereocenters. The molecule has 2 rings (SSSR count). The molecule has 0 bridgehead atoms. The highest BCUT2D eigenvalue weighted by atomic mass is 19.1. The fourth-order valence-electron chi connectivity index (χ4n) is 1.73. The van der Waals surface area contributed by atoms with Crippen LogP contribution in [0, 0.1) is 12.7 Å². The molecule has 5 heteroatoms.